The second-order valence-electron chi connectivity index (χ2n) is 6.65. The third-order valence-electron chi connectivity index (χ3n) is 4.28. The van der Waals surface area contributed by atoms with E-state index in [4.69, 9.17) is 11.6 Å². The van der Waals surface area contributed by atoms with E-state index in [0.717, 1.165) is 35.5 Å². The number of nitrogens with one attached hydrogen (secondary N) is 1. The summed E-state index contributed by atoms with van der Waals surface area (Å²) in [5.74, 6) is -0.898. The number of carbonyl (C=O) groups is 1. The average Bonchev–Trinajstić information content (AvgIpc) is 2.77. The Morgan fingerprint density at radius 2 is 1.68 bits per heavy atom. The van der Waals surface area contributed by atoms with Gasteiger partial charge in [-0.25, -0.2) is 0 Å². The highest BCUT2D eigenvalue weighted by Gasteiger charge is 2.30. The summed E-state index contributed by atoms with van der Waals surface area (Å²) in [7, 11) is 0. The molecule has 0 saturated heterocycles. The van der Waals surface area contributed by atoms with Crippen LogP contribution in [0.5, 0.6) is 5.75 Å². The first kappa shape index (κ1) is 24.9. The molecule has 0 aliphatic carbocycles. The summed E-state index contributed by atoms with van der Waals surface area (Å²) in [5, 5.41) is 25.4. The SMILES string of the molecule is O=C(Nc1ccc(OC(F)(F)Cl)cc1)c1c(SCc2ccccc2)cc([N+](=O)[O-])cc1[N+](=O)[O-]. The Hall–Kier alpha value is -3.77. The van der Waals surface area contributed by atoms with Gasteiger partial charge in [-0.05, 0) is 29.8 Å². The van der Waals surface area contributed by atoms with E-state index < -0.39 is 32.7 Å². The second-order valence-corrected chi connectivity index (χ2v) is 8.11. The van der Waals surface area contributed by atoms with E-state index in [0.29, 0.717) is 6.07 Å². The van der Waals surface area contributed by atoms with Gasteiger partial charge in [0.1, 0.15) is 11.3 Å². The summed E-state index contributed by atoms with van der Waals surface area (Å²) < 4.78 is 29.7. The largest absolute Gasteiger partial charge is 0.487 e. The third kappa shape index (κ3) is 6.62. The van der Waals surface area contributed by atoms with Crippen molar-refractivity contribution in [1.29, 1.82) is 0 Å². The van der Waals surface area contributed by atoms with Crippen LogP contribution in [0.15, 0.2) is 71.6 Å². The molecule has 0 spiro atoms. The predicted molar refractivity (Wildman–Crippen MR) is 122 cm³/mol. The maximum Gasteiger partial charge on any atom is 0.487 e. The van der Waals surface area contributed by atoms with Gasteiger partial charge in [0, 0.05) is 34.0 Å². The Morgan fingerprint density at radius 3 is 2.24 bits per heavy atom. The van der Waals surface area contributed by atoms with Gasteiger partial charge in [-0.1, -0.05) is 30.3 Å². The van der Waals surface area contributed by atoms with Crippen LogP contribution in [-0.2, 0) is 5.75 Å². The first-order valence-electron chi connectivity index (χ1n) is 9.34. The number of hydrogen-bond acceptors (Lipinski definition) is 7. The molecule has 0 bridgehead atoms. The fraction of sp³-hybridized carbons (Fsp3) is 0.0952. The van der Waals surface area contributed by atoms with Gasteiger partial charge >= 0.3 is 5.57 Å². The highest BCUT2D eigenvalue weighted by molar-refractivity contribution is 7.98. The van der Waals surface area contributed by atoms with Crippen LogP contribution in [0.1, 0.15) is 15.9 Å². The number of benzene rings is 3. The number of rotatable bonds is 9. The summed E-state index contributed by atoms with van der Waals surface area (Å²) in [6.45, 7) is 0. The summed E-state index contributed by atoms with van der Waals surface area (Å²) >= 11 is 5.73. The molecule has 1 amide bonds. The van der Waals surface area contributed by atoms with Crippen LogP contribution in [0, 0.1) is 20.2 Å². The van der Waals surface area contributed by atoms with E-state index in [1.807, 2.05) is 0 Å². The minimum Gasteiger partial charge on any atom is -0.420 e. The van der Waals surface area contributed by atoms with Crippen molar-refractivity contribution in [2.45, 2.75) is 16.2 Å². The fourth-order valence-electron chi connectivity index (χ4n) is 2.85. The van der Waals surface area contributed by atoms with E-state index in [1.165, 1.54) is 12.1 Å². The van der Waals surface area contributed by atoms with Gasteiger partial charge in [-0.2, -0.15) is 0 Å². The summed E-state index contributed by atoms with van der Waals surface area (Å²) in [4.78, 5) is 34.3. The number of thioether (sulfide) groups is 1. The molecule has 0 heterocycles. The average molecular weight is 510 g/mol. The maximum atomic E-state index is 13.0. The van der Waals surface area contributed by atoms with Crippen LogP contribution in [0.2, 0.25) is 0 Å². The van der Waals surface area contributed by atoms with Crippen molar-refractivity contribution in [1.82, 2.24) is 0 Å². The standard InChI is InChI=1S/C21H14ClF2N3O6S/c22-21(23,24)33-16-8-6-14(7-9-16)25-20(28)19-17(27(31)32)10-15(26(29)30)11-18(19)34-12-13-4-2-1-3-5-13/h1-11H,12H2,(H,25,28). The number of nitro groups is 2. The Labute approximate surface area is 200 Å². The van der Waals surface area contributed by atoms with Crippen LogP contribution in [-0.4, -0.2) is 21.3 Å². The monoisotopic (exact) mass is 509 g/mol. The van der Waals surface area contributed by atoms with Crippen LogP contribution in [0.4, 0.5) is 25.8 Å². The van der Waals surface area contributed by atoms with Crippen molar-refractivity contribution in [3.8, 4) is 5.75 Å². The first-order valence-corrected chi connectivity index (χ1v) is 10.7. The van der Waals surface area contributed by atoms with Crippen molar-refractivity contribution in [2.24, 2.45) is 0 Å². The van der Waals surface area contributed by atoms with Gasteiger partial charge in [0.25, 0.3) is 17.3 Å². The van der Waals surface area contributed by atoms with Gasteiger partial charge in [-0.15, -0.1) is 20.5 Å². The molecule has 13 heteroatoms. The van der Waals surface area contributed by atoms with Crippen molar-refractivity contribution in [3.63, 3.8) is 0 Å². The lowest BCUT2D eigenvalue weighted by Crippen LogP contribution is -2.17. The first-order chi connectivity index (χ1) is 16.0. The topological polar surface area (TPSA) is 125 Å². The van der Waals surface area contributed by atoms with Gasteiger partial charge in [0.15, 0.2) is 0 Å². The zero-order valence-corrected chi connectivity index (χ0v) is 18.5. The number of non-ortho nitro benzene ring substituents is 1. The quantitative estimate of drug-likeness (QED) is 0.157. The number of alkyl halides is 3. The Kier molecular flexibility index (Phi) is 7.64. The molecule has 176 valence electrons. The van der Waals surface area contributed by atoms with E-state index >= 15 is 0 Å². The maximum absolute atomic E-state index is 13.0. The minimum atomic E-state index is -3.92. The van der Waals surface area contributed by atoms with Gasteiger partial charge < -0.3 is 10.1 Å². The number of hydrogen-bond donors (Lipinski definition) is 1. The predicted octanol–water partition coefficient (Wildman–Crippen LogP) is 6.22. The van der Waals surface area contributed by atoms with Crippen molar-refractivity contribution < 1.29 is 28.2 Å². The van der Waals surface area contributed by atoms with Crippen LogP contribution in [0.3, 0.4) is 0 Å². The molecule has 0 unspecified atom stereocenters. The third-order valence-corrected chi connectivity index (χ3v) is 5.47. The number of amides is 1. The molecule has 0 atom stereocenters. The molecule has 9 nitrogen and oxygen atoms in total. The fourth-order valence-corrected chi connectivity index (χ4v) is 4.00. The molecule has 1 N–H and O–H groups in total. The molecule has 0 radical (unpaired) electrons. The zero-order chi connectivity index (χ0) is 24.9. The van der Waals surface area contributed by atoms with Gasteiger partial charge in [0.2, 0.25) is 0 Å². The molecule has 0 aliphatic heterocycles. The minimum absolute atomic E-state index is 0.0315. The molecular weight excluding hydrogens is 496 g/mol. The molecule has 0 aliphatic rings. The van der Waals surface area contributed by atoms with E-state index in [1.54, 1.807) is 30.3 Å². The van der Waals surface area contributed by atoms with Crippen LogP contribution >= 0.6 is 23.4 Å². The van der Waals surface area contributed by atoms with Crippen molar-refractivity contribution >= 4 is 46.3 Å². The number of carbonyl (C=O) groups excluding carboxylic acids is 1. The molecule has 0 aromatic heterocycles. The Morgan fingerprint density at radius 1 is 1.03 bits per heavy atom. The molecule has 0 saturated carbocycles. The summed E-state index contributed by atoms with van der Waals surface area (Å²) in [6.07, 6.45) is 0. The summed E-state index contributed by atoms with van der Waals surface area (Å²) in [5.41, 5.74) is -4.63. The molecule has 3 aromatic rings. The van der Waals surface area contributed by atoms with Crippen LogP contribution < -0.4 is 10.1 Å². The lowest BCUT2D eigenvalue weighted by atomic mass is 10.1. The van der Waals surface area contributed by atoms with Crippen molar-refractivity contribution in [2.75, 3.05) is 5.32 Å². The number of halogens is 3. The molecule has 0 fully saturated rings. The number of ether oxygens (including phenoxy) is 1. The van der Waals surface area contributed by atoms with Gasteiger partial charge in [-0.3, -0.25) is 25.0 Å². The van der Waals surface area contributed by atoms with Crippen LogP contribution in [0.25, 0.3) is 0 Å². The smallest absolute Gasteiger partial charge is 0.420 e. The number of anilines is 1. The van der Waals surface area contributed by atoms with Gasteiger partial charge in [0.05, 0.1) is 15.9 Å². The van der Waals surface area contributed by atoms with E-state index in [9.17, 15) is 33.8 Å². The molecular formula is C21H14ClF2N3O6S. The number of nitrogens with zero attached hydrogens (tertiary/aromatic N) is 2. The van der Waals surface area contributed by atoms with E-state index in [2.05, 4.69) is 10.1 Å². The highest BCUT2D eigenvalue weighted by atomic mass is 35.5. The molecule has 3 aromatic carbocycles. The Bertz CT molecular complexity index is 1220. The highest BCUT2D eigenvalue weighted by Crippen LogP contribution is 2.37. The molecule has 34 heavy (non-hydrogen) atoms. The molecule has 3 rings (SSSR count). The second kappa shape index (κ2) is 10.4. The lowest BCUT2D eigenvalue weighted by molar-refractivity contribution is -0.394. The summed E-state index contributed by atoms with van der Waals surface area (Å²) in [6, 6.07) is 15.4. The van der Waals surface area contributed by atoms with E-state index in [-0.39, 0.29) is 27.6 Å². The normalized spacial score (nSPS) is 11.0. The Balaban J connectivity index is 1.94. The number of nitro benzene ring substituents is 2. The zero-order valence-electron chi connectivity index (χ0n) is 16.9. The van der Waals surface area contributed by atoms with Crippen molar-refractivity contribution in [3.05, 3.63) is 98.1 Å². The lowest BCUT2D eigenvalue weighted by Gasteiger charge is -2.13.